The van der Waals surface area contributed by atoms with E-state index in [1.54, 1.807) is 6.07 Å². The standard InChI is InChI=1S/C18H30N4O2.HI/c1-3-19-18(21-14-16-9-7-13-24-16)20-11-4-5-12-22-15(2)8-6-10-17(22)23;/h6,8,10,16H,3-5,7,9,11-14H2,1-2H3,(H2,19,20,21);1H. The molecular formula is C18H31IN4O2. The van der Waals surface area contributed by atoms with Gasteiger partial charge in [0.2, 0.25) is 0 Å². The van der Waals surface area contributed by atoms with Crippen LogP contribution in [0.15, 0.2) is 28.0 Å². The maximum absolute atomic E-state index is 11.8. The smallest absolute Gasteiger partial charge is 0.250 e. The number of hydrogen-bond donors (Lipinski definition) is 2. The molecule has 2 rings (SSSR count). The first-order valence-corrected chi connectivity index (χ1v) is 9.01. The fourth-order valence-corrected chi connectivity index (χ4v) is 2.83. The SMILES string of the molecule is CCNC(=NCC1CCCO1)NCCCCn1c(C)cccc1=O.I. The summed E-state index contributed by atoms with van der Waals surface area (Å²) < 4.78 is 7.43. The molecule has 1 fully saturated rings. The summed E-state index contributed by atoms with van der Waals surface area (Å²) in [5.41, 5.74) is 1.09. The molecule has 0 amide bonds. The van der Waals surface area contributed by atoms with Gasteiger partial charge in [-0.3, -0.25) is 9.79 Å². The fourth-order valence-electron chi connectivity index (χ4n) is 2.83. The van der Waals surface area contributed by atoms with E-state index in [9.17, 15) is 4.79 Å². The lowest BCUT2D eigenvalue weighted by atomic mass is 10.2. The Morgan fingerprint density at radius 3 is 2.88 bits per heavy atom. The molecule has 6 nitrogen and oxygen atoms in total. The second-order valence-electron chi connectivity index (χ2n) is 6.15. The number of aryl methyl sites for hydroxylation is 1. The summed E-state index contributed by atoms with van der Waals surface area (Å²) in [5, 5.41) is 6.62. The molecule has 1 unspecified atom stereocenters. The van der Waals surface area contributed by atoms with E-state index in [0.717, 1.165) is 63.6 Å². The van der Waals surface area contributed by atoms with Gasteiger partial charge in [-0.15, -0.1) is 24.0 Å². The van der Waals surface area contributed by atoms with Crippen LogP contribution in [0.3, 0.4) is 0 Å². The number of nitrogens with zero attached hydrogens (tertiary/aromatic N) is 2. The Bertz CT molecular complexity index is 583. The van der Waals surface area contributed by atoms with Gasteiger partial charge in [0, 0.05) is 38.0 Å². The number of nitrogens with one attached hydrogen (secondary N) is 2. The zero-order valence-electron chi connectivity index (χ0n) is 15.3. The van der Waals surface area contributed by atoms with E-state index in [0.29, 0.717) is 6.54 Å². The number of aliphatic imine (C=N–C) groups is 1. The van der Waals surface area contributed by atoms with Crippen LogP contribution < -0.4 is 16.2 Å². The summed E-state index contributed by atoms with van der Waals surface area (Å²) >= 11 is 0. The molecule has 2 N–H and O–H groups in total. The summed E-state index contributed by atoms with van der Waals surface area (Å²) in [5.74, 6) is 0.848. The summed E-state index contributed by atoms with van der Waals surface area (Å²) in [6, 6.07) is 5.40. The molecule has 2 heterocycles. The Morgan fingerprint density at radius 2 is 2.20 bits per heavy atom. The van der Waals surface area contributed by atoms with Gasteiger partial charge in [0.15, 0.2) is 5.96 Å². The van der Waals surface area contributed by atoms with Crippen molar-refractivity contribution < 1.29 is 4.74 Å². The van der Waals surface area contributed by atoms with Crippen LogP contribution in [0.5, 0.6) is 0 Å². The van der Waals surface area contributed by atoms with E-state index in [-0.39, 0.29) is 35.6 Å². The lowest BCUT2D eigenvalue weighted by Crippen LogP contribution is -2.38. The summed E-state index contributed by atoms with van der Waals surface area (Å²) in [7, 11) is 0. The molecule has 0 saturated carbocycles. The van der Waals surface area contributed by atoms with E-state index in [1.807, 2.05) is 23.6 Å². The lowest BCUT2D eigenvalue weighted by molar-refractivity contribution is 0.117. The number of ether oxygens (including phenoxy) is 1. The van der Waals surface area contributed by atoms with Crippen molar-refractivity contribution in [3.8, 4) is 0 Å². The van der Waals surface area contributed by atoms with Crippen LogP contribution in [0.1, 0.15) is 38.3 Å². The molecule has 1 atom stereocenters. The van der Waals surface area contributed by atoms with Crippen molar-refractivity contribution in [3.63, 3.8) is 0 Å². The fraction of sp³-hybridized carbons (Fsp3) is 0.667. The molecule has 7 heteroatoms. The second kappa shape index (κ2) is 12.3. The second-order valence-corrected chi connectivity index (χ2v) is 6.15. The number of guanidine groups is 1. The van der Waals surface area contributed by atoms with Crippen molar-refractivity contribution in [2.45, 2.75) is 52.2 Å². The molecule has 0 aromatic carbocycles. The van der Waals surface area contributed by atoms with Crippen molar-refractivity contribution in [2.24, 2.45) is 4.99 Å². The summed E-state index contributed by atoms with van der Waals surface area (Å²) in [6.45, 7) is 8.07. The van der Waals surface area contributed by atoms with Crippen LogP contribution >= 0.6 is 24.0 Å². The summed E-state index contributed by atoms with van der Waals surface area (Å²) in [4.78, 5) is 16.4. The quantitative estimate of drug-likeness (QED) is 0.269. The van der Waals surface area contributed by atoms with Gasteiger partial charge in [-0.2, -0.15) is 0 Å². The van der Waals surface area contributed by atoms with Crippen molar-refractivity contribution in [1.82, 2.24) is 15.2 Å². The molecule has 1 saturated heterocycles. The monoisotopic (exact) mass is 462 g/mol. The highest BCUT2D eigenvalue weighted by atomic mass is 127. The Kier molecular flexibility index (Phi) is 10.8. The number of halogens is 1. The molecule has 0 spiro atoms. The molecule has 1 aromatic heterocycles. The van der Waals surface area contributed by atoms with Crippen LogP contribution in [-0.2, 0) is 11.3 Å². The van der Waals surface area contributed by atoms with Crippen molar-refractivity contribution in [2.75, 3.05) is 26.2 Å². The number of hydrogen-bond acceptors (Lipinski definition) is 3. The van der Waals surface area contributed by atoms with Crippen LogP contribution in [-0.4, -0.2) is 42.9 Å². The predicted octanol–water partition coefficient (Wildman–Crippen LogP) is 2.29. The lowest BCUT2D eigenvalue weighted by Gasteiger charge is -2.13. The zero-order valence-corrected chi connectivity index (χ0v) is 17.6. The van der Waals surface area contributed by atoms with E-state index >= 15 is 0 Å². The Balaban J connectivity index is 0.00000312. The van der Waals surface area contributed by atoms with Crippen LogP contribution in [0.25, 0.3) is 0 Å². The normalized spacial score (nSPS) is 17.2. The van der Waals surface area contributed by atoms with Crippen LogP contribution in [0.2, 0.25) is 0 Å². The number of pyridine rings is 1. The van der Waals surface area contributed by atoms with Crippen molar-refractivity contribution in [1.29, 1.82) is 0 Å². The van der Waals surface area contributed by atoms with Crippen molar-refractivity contribution >= 4 is 29.9 Å². The number of rotatable bonds is 8. The zero-order chi connectivity index (χ0) is 17.2. The van der Waals surface area contributed by atoms with Gasteiger partial charge in [0.25, 0.3) is 5.56 Å². The van der Waals surface area contributed by atoms with Crippen LogP contribution in [0.4, 0.5) is 0 Å². The minimum Gasteiger partial charge on any atom is -0.376 e. The highest BCUT2D eigenvalue weighted by Gasteiger charge is 2.14. The third kappa shape index (κ3) is 7.77. The highest BCUT2D eigenvalue weighted by molar-refractivity contribution is 14.0. The Morgan fingerprint density at radius 1 is 1.36 bits per heavy atom. The van der Waals surface area contributed by atoms with Gasteiger partial charge in [0.1, 0.15) is 0 Å². The van der Waals surface area contributed by atoms with Gasteiger partial charge in [-0.05, 0) is 45.6 Å². The van der Waals surface area contributed by atoms with Gasteiger partial charge in [-0.1, -0.05) is 6.07 Å². The third-order valence-corrected chi connectivity index (χ3v) is 4.19. The molecule has 0 radical (unpaired) electrons. The largest absolute Gasteiger partial charge is 0.376 e. The molecule has 1 aliphatic rings. The molecule has 0 bridgehead atoms. The first-order valence-electron chi connectivity index (χ1n) is 9.01. The van der Waals surface area contributed by atoms with E-state index < -0.39 is 0 Å². The summed E-state index contributed by atoms with van der Waals surface area (Å²) in [6.07, 6.45) is 4.47. The molecule has 1 aliphatic heterocycles. The topological polar surface area (TPSA) is 67.7 Å². The molecule has 142 valence electrons. The van der Waals surface area contributed by atoms with Gasteiger partial charge < -0.3 is 19.9 Å². The molecular weight excluding hydrogens is 431 g/mol. The third-order valence-electron chi connectivity index (χ3n) is 4.19. The average Bonchev–Trinajstić information content (AvgIpc) is 3.08. The predicted molar refractivity (Wildman–Crippen MR) is 113 cm³/mol. The van der Waals surface area contributed by atoms with Crippen LogP contribution in [0, 0.1) is 6.92 Å². The molecule has 25 heavy (non-hydrogen) atoms. The van der Waals surface area contributed by atoms with Gasteiger partial charge in [-0.25, -0.2) is 0 Å². The maximum atomic E-state index is 11.8. The van der Waals surface area contributed by atoms with Gasteiger partial charge >= 0.3 is 0 Å². The average molecular weight is 462 g/mol. The first kappa shape index (κ1) is 22.0. The van der Waals surface area contributed by atoms with E-state index in [4.69, 9.17) is 4.74 Å². The number of aromatic nitrogens is 1. The maximum Gasteiger partial charge on any atom is 0.250 e. The Hall–Kier alpha value is -1.09. The molecule has 0 aliphatic carbocycles. The number of unbranched alkanes of at least 4 members (excludes halogenated alkanes) is 1. The van der Waals surface area contributed by atoms with E-state index in [1.165, 1.54) is 0 Å². The minimum absolute atomic E-state index is 0. The van der Waals surface area contributed by atoms with Crippen molar-refractivity contribution in [3.05, 3.63) is 34.2 Å². The molecule has 1 aromatic rings. The Labute approximate surface area is 167 Å². The van der Waals surface area contributed by atoms with Gasteiger partial charge in [0.05, 0.1) is 12.6 Å². The van der Waals surface area contributed by atoms with E-state index in [2.05, 4.69) is 22.5 Å². The first-order chi connectivity index (χ1) is 11.7. The minimum atomic E-state index is 0. The highest BCUT2D eigenvalue weighted by Crippen LogP contribution is 2.11.